The number of hydrazine groups is 1. The molecule has 6 heteroatoms. The number of benzene rings is 1. The summed E-state index contributed by atoms with van der Waals surface area (Å²) in [7, 11) is 1.59. The van der Waals surface area contributed by atoms with E-state index in [-0.39, 0.29) is 0 Å². The molecule has 0 aliphatic rings. The minimum atomic E-state index is 0.389. The zero-order valence-electron chi connectivity index (χ0n) is 10.2. The second kappa shape index (κ2) is 5.33. The van der Waals surface area contributed by atoms with Crippen LogP contribution < -0.4 is 20.7 Å². The molecule has 0 bridgehead atoms. The Hall–Kier alpha value is -2.34. The fourth-order valence-corrected chi connectivity index (χ4v) is 1.45. The average molecular weight is 246 g/mol. The van der Waals surface area contributed by atoms with Gasteiger partial charge in [0.1, 0.15) is 12.1 Å². The van der Waals surface area contributed by atoms with Crippen molar-refractivity contribution >= 4 is 5.82 Å². The number of nitrogens with one attached hydrogen (secondary N) is 1. The van der Waals surface area contributed by atoms with Gasteiger partial charge in [0.25, 0.3) is 0 Å². The Balaban J connectivity index is 2.27. The van der Waals surface area contributed by atoms with Crippen molar-refractivity contribution in [3.05, 3.63) is 36.2 Å². The Kier molecular flexibility index (Phi) is 3.59. The lowest BCUT2D eigenvalue weighted by molar-refractivity contribution is 0.373. The van der Waals surface area contributed by atoms with E-state index in [0.29, 0.717) is 23.2 Å². The number of anilines is 1. The molecule has 0 atom stereocenters. The summed E-state index contributed by atoms with van der Waals surface area (Å²) in [5, 5.41) is 0. The summed E-state index contributed by atoms with van der Waals surface area (Å²) in [6.45, 7) is 1.98. The minimum absolute atomic E-state index is 0.389. The number of nitrogen functional groups attached to an aromatic ring is 1. The first kappa shape index (κ1) is 12.1. The van der Waals surface area contributed by atoms with Crippen LogP contribution in [-0.2, 0) is 0 Å². The van der Waals surface area contributed by atoms with E-state index < -0.39 is 0 Å². The van der Waals surface area contributed by atoms with Crippen LogP contribution in [0.1, 0.15) is 5.56 Å². The van der Waals surface area contributed by atoms with Crippen LogP contribution in [0.15, 0.2) is 30.6 Å². The van der Waals surface area contributed by atoms with Gasteiger partial charge in [0.15, 0.2) is 11.5 Å². The van der Waals surface area contributed by atoms with Crippen LogP contribution in [-0.4, -0.2) is 17.1 Å². The fraction of sp³-hybridized carbons (Fsp3) is 0.167. The quantitative estimate of drug-likeness (QED) is 0.633. The van der Waals surface area contributed by atoms with E-state index in [4.69, 9.17) is 15.3 Å². The van der Waals surface area contributed by atoms with Crippen molar-refractivity contribution in [2.24, 2.45) is 5.84 Å². The van der Waals surface area contributed by atoms with E-state index in [0.717, 1.165) is 5.56 Å². The fourth-order valence-electron chi connectivity index (χ4n) is 1.45. The van der Waals surface area contributed by atoms with E-state index in [1.54, 1.807) is 13.2 Å². The summed E-state index contributed by atoms with van der Waals surface area (Å²) in [6.07, 6.45) is 1.37. The number of rotatable bonds is 4. The lowest BCUT2D eigenvalue weighted by Crippen LogP contribution is -2.08. The number of nitrogens with zero attached hydrogens (tertiary/aromatic N) is 2. The Bertz CT molecular complexity index is 545. The highest BCUT2D eigenvalue weighted by atomic mass is 16.5. The van der Waals surface area contributed by atoms with Gasteiger partial charge in [0.2, 0.25) is 5.88 Å². The molecule has 6 nitrogen and oxygen atoms in total. The molecule has 1 aromatic carbocycles. The molecule has 0 saturated heterocycles. The van der Waals surface area contributed by atoms with Crippen molar-refractivity contribution in [2.45, 2.75) is 6.92 Å². The molecule has 18 heavy (non-hydrogen) atoms. The number of hydrogen-bond donors (Lipinski definition) is 2. The van der Waals surface area contributed by atoms with Crippen molar-refractivity contribution in [1.82, 2.24) is 9.97 Å². The predicted octanol–water partition coefficient (Wildman–Crippen LogP) is 1.87. The van der Waals surface area contributed by atoms with Gasteiger partial charge in [-0.15, -0.1) is 0 Å². The van der Waals surface area contributed by atoms with Crippen molar-refractivity contribution in [3.63, 3.8) is 0 Å². The van der Waals surface area contributed by atoms with Crippen LogP contribution >= 0.6 is 0 Å². The van der Waals surface area contributed by atoms with Crippen LogP contribution in [0.3, 0.4) is 0 Å². The smallest absolute Gasteiger partial charge is 0.224 e. The molecule has 2 aromatic rings. The first-order valence-corrected chi connectivity index (χ1v) is 5.34. The highest BCUT2D eigenvalue weighted by Gasteiger charge is 2.07. The van der Waals surface area contributed by atoms with Gasteiger partial charge in [-0.2, -0.15) is 0 Å². The molecule has 0 saturated carbocycles. The van der Waals surface area contributed by atoms with E-state index in [1.165, 1.54) is 6.33 Å². The summed E-state index contributed by atoms with van der Waals surface area (Å²) >= 11 is 0. The third-order valence-corrected chi connectivity index (χ3v) is 2.32. The van der Waals surface area contributed by atoms with Gasteiger partial charge in [-0.25, -0.2) is 15.8 Å². The monoisotopic (exact) mass is 246 g/mol. The summed E-state index contributed by atoms with van der Waals surface area (Å²) < 4.78 is 10.9. The number of nitrogens with two attached hydrogens (primary N) is 1. The minimum Gasteiger partial charge on any atom is -0.493 e. The van der Waals surface area contributed by atoms with Crippen LogP contribution in [0.25, 0.3) is 0 Å². The molecule has 3 N–H and O–H groups in total. The molecular formula is C12H14N4O2. The predicted molar refractivity (Wildman–Crippen MR) is 67.6 cm³/mol. The molecule has 0 unspecified atom stereocenters. The zero-order valence-corrected chi connectivity index (χ0v) is 10.2. The molecule has 0 aliphatic carbocycles. The summed E-state index contributed by atoms with van der Waals surface area (Å²) in [5.74, 6) is 7.37. The van der Waals surface area contributed by atoms with E-state index in [1.807, 2.05) is 25.1 Å². The molecule has 1 aromatic heterocycles. The SMILES string of the molecule is COc1cc(C)ccc1Oc1cc(NN)ncn1. The molecule has 0 spiro atoms. The summed E-state index contributed by atoms with van der Waals surface area (Å²) in [4.78, 5) is 7.89. The third-order valence-electron chi connectivity index (χ3n) is 2.32. The Morgan fingerprint density at radius 1 is 1.17 bits per heavy atom. The number of ether oxygens (including phenoxy) is 2. The number of hydrogen-bond acceptors (Lipinski definition) is 6. The van der Waals surface area contributed by atoms with Crippen molar-refractivity contribution in [2.75, 3.05) is 12.5 Å². The normalized spacial score (nSPS) is 9.94. The topological polar surface area (TPSA) is 82.3 Å². The molecule has 0 radical (unpaired) electrons. The van der Waals surface area contributed by atoms with E-state index in [9.17, 15) is 0 Å². The lowest BCUT2D eigenvalue weighted by atomic mass is 10.2. The second-order valence-corrected chi connectivity index (χ2v) is 3.64. The molecule has 1 heterocycles. The van der Waals surface area contributed by atoms with Gasteiger partial charge >= 0.3 is 0 Å². The first-order valence-electron chi connectivity index (χ1n) is 5.34. The van der Waals surface area contributed by atoms with Gasteiger partial charge in [-0.05, 0) is 24.6 Å². The molecule has 0 fully saturated rings. The summed E-state index contributed by atoms with van der Waals surface area (Å²) in [6, 6.07) is 7.24. The standard InChI is InChI=1S/C12H14N4O2/c1-8-3-4-9(10(5-8)17-2)18-12-6-11(16-13)14-7-15-12/h3-7H,13H2,1-2H3,(H,14,15,16). The van der Waals surface area contributed by atoms with E-state index in [2.05, 4.69) is 15.4 Å². The number of aromatic nitrogens is 2. The number of aryl methyl sites for hydroxylation is 1. The second-order valence-electron chi connectivity index (χ2n) is 3.64. The van der Waals surface area contributed by atoms with Crippen molar-refractivity contribution in [3.8, 4) is 17.4 Å². The van der Waals surface area contributed by atoms with Gasteiger partial charge < -0.3 is 14.9 Å². The molecule has 0 amide bonds. The highest BCUT2D eigenvalue weighted by molar-refractivity contribution is 5.45. The molecular weight excluding hydrogens is 232 g/mol. The van der Waals surface area contributed by atoms with Crippen molar-refractivity contribution in [1.29, 1.82) is 0 Å². The first-order chi connectivity index (χ1) is 8.72. The van der Waals surface area contributed by atoms with Crippen LogP contribution in [0.5, 0.6) is 17.4 Å². The average Bonchev–Trinajstić information content (AvgIpc) is 2.41. The van der Waals surface area contributed by atoms with Crippen LogP contribution in [0, 0.1) is 6.92 Å². The Labute approximate surface area is 105 Å². The summed E-state index contributed by atoms with van der Waals surface area (Å²) in [5.41, 5.74) is 3.52. The Morgan fingerprint density at radius 3 is 2.72 bits per heavy atom. The molecule has 2 rings (SSSR count). The molecule has 94 valence electrons. The van der Waals surface area contributed by atoms with Crippen molar-refractivity contribution < 1.29 is 9.47 Å². The van der Waals surface area contributed by atoms with Crippen LogP contribution in [0.4, 0.5) is 5.82 Å². The van der Waals surface area contributed by atoms with E-state index >= 15 is 0 Å². The lowest BCUT2D eigenvalue weighted by Gasteiger charge is -2.10. The van der Waals surface area contributed by atoms with Gasteiger partial charge in [0.05, 0.1) is 7.11 Å². The molecule has 0 aliphatic heterocycles. The largest absolute Gasteiger partial charge is 0.493 e. The van der Waals surface area contributed by atoms with Gasteiger partial charge in [0, 0.05) is 6.07 Å². The maximum Gasteiger partial charge on any atom is 0.224 e. The maximum atomic E-state index is 5.63. The van der Waals surface area contributed by atoms with Crippen LogP contribution in [0.2, 0.25) is 0 Å². The van der Waals surface area contributed by atoms with Gasteiger partial charge in [-0.1, -0.05) is 6.07 Å². The highest BCUT2D eigenvalue weighted by Crippen LogP contribution is 2.31. The van der Waals surface area contributed by atoms with Gasteiger partial charge in [-0.3, -0.25) is 0 Å². The Morgan fingerprint density at radius 2 is 2.00 bits per heavy atom. The number of methoxy groups -OCH3 is 1. The zero-order chi connectivity index (χ0) is 13.0. The maximum absolute atomic E-state index is 5.63. The third kappa shape index (κ3) is 2.67.